The van der Waals surface area contributed by atoms with Gasteiger partial charge in [0.15, 0.2) is 12.1 Å². The van der Waals surface area contributed by atoms with E-state index in [1.807, 2.05) is 0 Å². The lowest BCUT2D eigenvalue weighted by Gasteiger charge is -2.07. The van der Waals surface area contributed by atoms with Gasteiger partial charge in [-0.25, -0.2) is 4.39 Å². The zero-order chi connectivity index (χ0) is 11.4. The summed E-state index contributed by atoms with van der Waals surface area (Å²) in [6.07, 6.45) is 0.333. The Morgan fingerprint density at radius 1 is 1.60 bits per heavy atom. The van der Waals surface area contributed by atoms with Gasteiger partial charge in [-0.05, 0) is 12.1 Å². The van der Waals surface area contributed by atoms with Gasteiger partial charge in [-0.3, -0.25) is 9.59 Å². The summed E-state index contributed by atoms with van der Waals surface area (Å²) in [4.78, 5) is 21.9. The minimum atomic E-state index is -0.839. The molecule has 0 unspecified atom stereocenters. The molecule has 80 valence electrons. The van der Waals surface area contributed by atoms with E-state index < -0.39 is 11.6 Å². The van der Waals surface area contributed by atoms with Gasteiger partial charge in [0, 0.05) is 0 Å². The summed E-state index contributed by atoms with van der Waals surface area (Å²) >= 11 is 2.93. The lowest BCUT2D eigenvalue weighted by molar-refractivity contribution is 0.102. The van der Waals surface area contributed by atoms with Crippen molar-refractivity contribution in [2.45, 2.75) is 0 Å². The van der Waals surface area contributed by atoms with E-state index in [0.717, 1.165) is 0 Å². The van der Waals surface area contributed by atoms with Crippen molar-refractivity contribution in [2.24, 2.45) is 0 Å². The first-order valence-corrected chi connectivity index (χ1v) is 5.18. The van der Waals surface area contributed by atoms with Gasteiger partial charge in [-0.1, -0.05) is 15.9 Å². The average molecular weight is 275 g/mol. The molecule has 0 aromatic heterocycles. The predicted octanol–water partition coefficient (Wildman–Crippen LogP) is 2.22. The molecule has 0 radical (unpaired) electrons. The molecule has 0 aliphatic heterocycles. The molecule has 0 N–H and O–H groups in total. The molecule has 0 amide bonds. The number of carbonyl (C=O) groups excluding carboxylic acids is 2. The van der Waals surface area contributed by atoms with E-state index in [1.165, 1.54) is 19.2 Å². The van der Waals surface area contributed by atoms with Crippen LogP contribution in [0.1, 0.15) is 20.7 Å². The fraction of sp³-hybridized carbons (Fsp3) is 0.200. The summed E-state index contributed by atoms with van der Waals surface area (Å²) in [6.45, 7) is 0. The van der Waals surface area contributed by atoms with Gasteiger partial charge in [0.1, 0.15) is 11.6 Å². The summed E-state index contributed by atoms with van der Waals surface area (Å²) in [5, 5.41) is 0.00848. The van der Waals surface area contributed by atoms with Crippen LogP contribution in [0, 0.1) is 5.82 Å². The number of ether oxygens (including phenoxy) is 1. The predicted molar refractivity (Wildman–Crippen MR) is 56.5 cm³/mol. The normalized spacial score (nSPS) is 9.80. The largest absolute Gasteiger partial charge is 0.496 e. The van der Waals surface area contributed by atoms with Crippen LogP contribution in [0.3, 0.4) is 0 Å². The number of ketones is 1. The van der Waals surface area contributed by atoms with Crippen molar-refractivity contribution < 1.29 is 18.7 Å². The van der Waals surface area contributed by atoms with E-state index in [2.05, 4.69) is 15.9 Å². The van der Waals surface area contributed by atoms with Crippen molar-refractivity contribution in [2.75, 3.05) is 12.4 Å². The molecule has 1 rings (SSSR count). The standard InChI is InChI=1S/C10H8BrFO3/c1-15-9-3-2-6(8(14)4-11)10(12)7(9)5-13/h2-3,5H,4H2,1H3. The highest BCUT2D eigenvalue weighted by Gasteiger charge is 2.17. The second-order valence-corrected chi connectivity index (χ2v) is 3.28. The molecular weight excluding hydrogens is 267 g/mol. The molecule has 1 aromatic carbocycles. The molecule has 0 atom stereocenters. The minimum Gasteiger partial charge on any atom is -0.496 e. The van der Waals surface area contributed by atoms with Crippen molar-refractivity contribution in [3.05, 3.63) is 29.1 Å². The second kappa shape index (κ2) is 5.02. The zero-order valence-electron chi connectivity index (χ0n) is 7.92. The summed E-state index contributed by atoms with van der Waals surface area (Å²) in [5.74, 6) is -1.14. The van der Waals surface area contributed by atoms with Crippen molar-refractivity contribution in [1.29, 1.82) is 0 Å². The van der Waals surface area contributed by atoms with Gasteiger partial charge in [-0.2, -0.15) is 0 Å². The van der Waals surface area contributed by atoms with Crippen molar-refractivity contribution >= 4 is 28.0 Å². The van der Waals surface area contributed by atoms with Crippen molar-refractivity contribution in [3.63, 3.8) is 0 Å². The molecular formula is C10H8BrFO3. The van der Waals surface area contributed by atoms with Gasteiger partial charge in [0.05, 0.1) is 23.6 Å². The maximum absolute atomic E-state index is 13.6. The molecule has 0 spiro atoms. The highest BCUT2D eigenvalue weighted by Crippen LogP contribution is 2.23. The van der Waals surface area contributed by atoms with Crippen LogP contribution in [0.25, 0.3) is 0 Å². The average Bonchev–Trinajstić information content (AvgIpc) is 2.27. The van der Waals surface area contributed by atoms with E-state index in [-0.39, 0.29) is 22.2 Å². The van der Waals surface area contributed by atoms with Crippen molar-refractivity contribution in [1.82, 2.24) is 0 Å². The third kappa shape index (κ3) is 2.23. The van der Waals surface area contributed by atoms with E-state index in [0.29, 0.717) is 6.29 Å². The molecule has 3 nitrogen and oxygen atoms in total. The maximum atomic E-state index is 13.6. The monoisotopic (exact) mass is 274 g/mol. The van der Waals surface area contributed by atoms with Crippen LogP contribution in [0.5, 0.6) is 5.75 Å². The third-order valence-corrected chi connectivity index (χ3v) is 2.41. The number of hydrogen-bond acceptors (Lipinski definition) is 3. The highest BCUT2D eigenvalue weighted by atomic mass is 79.9. The van der Waals surface area contributed by atoms with Crippen LogP contribution in [0.15, 0.2) is 12.1 Å². The molecule has 1 aromatic rings. The molecule has 0 aliphatic carbocycles. The van der Waals surface area contributed by atoms with E-state index in [1.54, 1.807) is 0 Å². The SMILES string of the molecule is COc1ccc(C(=O)CBr)c(F)c1C=O. The van der Waals surface area contributed by atoms with Crippen LogP contribution < -0.4 is 4.74 Å². The first-order chi connectivity index (χ1) is 7.15. The number of methoxy groups -OCH3 is 1. The number of benzene rings is 1. The highest BCUT2D eigenvalue weighted by molar-refractivity contribution is 9.09. The minimum absolute atomic E-state index is 0.00848. The Morgan fingerprint density at radius 3 is 2.73 bits per heavy atom. The Bertz CT molecular complexity index is 404. The van der Waals surface area contributed by atoms with Gasteiger partial charge in [0.2, 0.25) is 0 Å². The lowest BCUT2D eigenvalue weighted by Crippen LogP contribution is -2.07. The Morgan fingerprint density at radius 2 is 2.27 bits per heavy atom. The maximum Gasteiger partial charge on any atom is 0.176 e. The second-order valence-electron chi connectivity index (χ2n) is 2.72. The number of alkyl halides is 1. The quantitative estimate of drug-likeness (QED) is 0.480. The number of aldehydes is 1. The Labute approximate surface area is 94.4 Å². The van der Waals surface area contributed by atoms with Gasteiger partial charge in [0.25, 0.3) is 0 Å². The van der Waals surface area contributed by atoms with Gasteiger partial charge < -0.3 is 4.74 Å². The molecule has 15 heavy (non-hydrogen) atoms. The fourth-order valence-corrected chi connectivity index (χ4v) is 1.45. The van der Waals surface area contributed by atoms with E-state index >= 15 is 0 Å². The molecule has 0 bridgehead atoms. The van der Waals surface area contributed by atoms with Crippen LogP contribution >= 0.6 is 15.9 Å². The van der Waals surface area contributed by atoms with Gasteiger partial charge in [-0.15, -0.1) is 0 Å². The molecule has 5 heteroatoms. The zero-order valence-corrected chi connectivity index (χ0v) is 9.51. The first-order valence-electron chi connectivity index (χ1n) is 4.06. The number of halogens is 2. The van der Waals surface area contributed by atoms with Crippen LogP contribution in [0.4, 0.5) is 4.39 Å². The molecule has 0 saturated carbocycles. The van der Waals surface area contributed by atoms with Crippen LogP contribution in [-0.4, -0.2) is 24.5 Å². The molecule has 0 heterocycles. The third-order valence-electron chi connectivity index (χ3n) is 1.90. The molecule has 0 aliphatic rings. The van der Waals surface area contributed by atoms with Gasteiger partial charge >= 0.3 is 0 Å². The number of carbonyl (C=O) groups is 2. The van der Waals surface area contributed by atoms with E-state index in [4.69, 9.17) is 4.74 Å². The summed E-state index contributed by atoms with van der Waals surface area (Å²) in [5.41, 5.74) is -0.348. The Kier molecular flexibility index (Phi) is 3.96. The summed E-state index contributed by atoms with van der Waals surface area (Å²) in [6, 6.07) is 2.69. The Hall–Kier alpha value is -1.23. The first kappa shape index (κ1) is 11.8. The summed E-state index contributed by atoms with van der Waals surface area (Å²) in [7, 11) is 1.33. The number of Topliss-reactive ketones (excluding diaryl/α,β-unsaturated/α-hetero) is 1. The molecule has 0 saturated heterocycles. The summed E-state index contributed by atoms with van der Waals surface area (Å²) < 4.78 is 18.4. The Balaban J connectivity index is 3.35. The molecule has 0 fully saturated rings. The van der Waals surface area contributed by atoms with Crippen LogP contribution in [0.2, 0.25) is 0 Å². The van der Waals surface area contributed by atoms with E-state index in [9.17, 15) is 14.0 Å². The lowest BCUT2D eigenvalue weighted by atomic mass is 10.1. The topological polar surface area (TPSA) is 43.4 Å². The smallest absolute Gasteiger partial charge is 0.176 e. The number of hydrogen-bond donors (Lipinski definition) is 0. The van der Waals surface area contributed by atoms with Crippen molar-refractivity contribution in [3.8, 4) is 5.75 Å². The fourth-order valence-electron chi connectivity index (χ4n) is 1.15. The van der Waals surface area contributed by atoms with Crippen LogP contribution in [-0.2, 0) is 0 Å². The number of rotatable bonds is 4.